The number of aromatic amines is 1. The molecule has 0 atom stereocenters. The summed E-state index contributed by atoms with van der Waals surface area (Å²) in [5, 5.41) is 0. The number of benzene rings is 1. The van der Waals surface area contributed by atoms with Gasteiger partial charge in [-0.3, -0.25) is 4.79 Å². The summed E-state index contributed by atoms with van der Waals surface area (Å²) in [5.74, 6) is 0.292. The van der Waals surface area contributed by atoms with E-state index in [4.69, 9.17) is 10.5 Å². The predicted molar refractivity (Wildman–Crippen MR) is 96.7 cm³/mol. The van der Waals surface area contributed by atoms with Crippen LogP contribution in [0.2, 0.25) is 0 Å². The molecule has 0 aliphatic carbocycles. The van der Waals surface area contributed by atoms with Crippen molar-refractivity contribution in [3.05, 3.63) is 59.4 Å². The fraction of sp³-hybridized carbons (Fsp3) is 0.263. The summed E-state index contributed by atoms with van der Waals surface area (Å²) in [7, 11) is 1.63. The van der Waals surface area contributed by atoms with Gasteiger partial charge in [-0.25, -0.2) is 4.98 Å². The number of nitrogens with two attached hydrogens (primary N) is 1. The number of imidazole rings is 1. The molecule has 0 aliphatic rings. The summed E-state index contributed by atoms with van der Waals surface area (Å²) in [5.41, 5.74) is 10.9. The monoisotopic (exact) mass is 338 g/mol. The van der Waals surface area contributed by atoms with Gasteiger partial charge in [-0.2, -0.15) is 0 Å². The van der Waals surface area contributed by atoms with E-state index < -0.39 is 5.91 Å². The number of amides is 1. The summed E-state index contributed by atoms with van der Waals surface area (Å²) in [6, 6.07) is 7.67. The van der Waals surface area contributed by atoms with Crippen LogP contribution in [0.1, 0.15) is 27.4 Å². The molecule has 3 rings (SSSR count). The molecule has 25 heavy (non-hydrogen) atoms. The average Bonchev–Trinajstić information content (AvgIpc) is 3.20. The molecule has 1 aromatic carbocycles. The highest BCUT2D eigenvalue weighted by Gasteiger charge is 2.24. The van der Waals surface area contributed by atoms with Crippen molar-refractivity contribution in [1.29, 1.82) is 0 Å². The first kappa shape index (κ1) is 16.8. The lowest BCUT2D eigenvalue weighted by Crippen LogP contribution is -2.14. The molecule has 2 heterocycles. The lowest BCUT2D eigenvalue weighted by Gasteiger charge is -2.11. The summed E-state index contributed by atoms with van der Waals surface area (Å²) in [6.45, 7) is 4.67. The van der Waals surface area contributed by atoms with Crippen molar-refractivity contribution >= 4 is 5.91 Å². The van der Waals surface area contributed by atoms with E-state index >= 15 is 0 Å². The molecule has 0 saturated heterocycles. The number of H-pyrrole nitrogens is 1. The molecule has 3 aromatic rings. The second kappa shape index (κ2) is 6.84. The van der Waals surface area contributed by atoms with Crippen LogP contribution in [0.3, 0.4) is 0 Å². The number of carbonyl (C=O) groups is 1. The molecule has 1 amide bonds. The Kier molecular flexibility index (Phi) is 4.61. The first-order valence-corrected chi connectivity index (χ1v) is 8.14. The van der Waals surface area contributed by atoms with E-state index in [1.165, 1.54) is 0 Å². The van der Waals surface area contributed by atoms with Gasteiger partial charge in [-0.1, -0.05) is 18.2 Å². The maximum atomic E-state index is 12.2. The smallest absolute Gasteiger partial charge is 0.251 e. The minimum Gasteiger partial charge on any atom is -0.496 e. The van der Waals surface area contributed by atoms with Gasteiger partial charge in [0, 0.05) is 47.4 Å². The maximum Gasteiger partial charge on any atom is 0.251 e. The molecule has 0 saturated carbocycles. The van der Waals surface area contributed by atoms with Crippen LogP contribution in [0.4, 0.5) is 0 Å². The predicted octanol–water partition coefficient (Wildman–Crippen LogP) is 2.85. The number of hydrogen-bond donors (Lipinski definition) is 2. The van der Waals surface area contributed by atoms with Crippen molar-refractivity contribution in [1.82, 2.24) is 14.5 Å². The number of rotatable bonds is 6. The van der Waals surface area contributed by atoms with Crippen LogP contribution in [0.25, 0.3) is 11.1 Å². The average molecular weight is 338 g/mol. The Bertz CT molecular complexity index is 895. The lowest BCUT2D eigenvalue weighted by atomic mass is 9.99. The molecule has 0 radical (unpaired) electrons. The number of ether oxygens (including phenoxy) is 1. The minimum absolute atomic E-state index is 0.429. The van der Waals surface area contributed by atoms with E-state index in [1.807, 2.05) is 44.3 Å². The van der Waals surface area contributed by atoms with Crippen LogP contribution in [0.15, 0.2) is 36.8 Å². The summed E-state index contributed by atoms with van der Waals surface area (Å²) in [6.07, 6.45) is 4.27. The highest BCUT2D eigenvalue weighted by atomic mass is 16.5. The Morgan fingerprint density at radius 2 is 2.04 bits per heavy atom. The Balaban J connectivity index is 2.11. The number of para-hydroxylation sites is 1. The van der Waals surface area contributed by atoms with Crippen molar-refractivity contribution in [2.24, 2.45) is 5.73 Å². The number of methoxy groups -OCH3 is 1. The van der Waals surface area contributed by atoms with Crippen molar-refractivity contribution in [3.8, 4) is 16.9 Å². The summed E-state index contributed by atoms with van der Waals surface area (Å²) >= 11 is 0. The zero-order valence-electron chi connectivity index (χ0n) is 14.7. The molecule has 6 heteroatoms. The van der Waals surface area contributed by atoms with E-state index in [-0.39, 0.29) is 0 Å². The Hall–Kier alpha value is -3.02. The van der Waals surface area contributed by atoms with E-state index in [1.54, 1.807) is 13.4 Å². The zero-order chi connectivity index (χ0) is 18.0. The first-order chi connectivity index (χ1) is 12.0. The minimum atomic E-state index is -0.429. The van der Waals surface area contributed by atoms with Crippen molar-refractivity contribution in [3.63, 3.8) is 0 Å². The number of nitrogens with one attached hydrogen (secondary N) is 1. The highest BCUT2D eigenvalue weighted by molar-refractivity contribution is 6.02. The summed E-state index contributed by atoms with van der Waals surface area (Å²) < 4.78 is 7.61. The van der Waals surface area contributed by atoms with E-state index in [0.717, 1.165) is 46.9 Å². The molecule has 0 bridgehead atoms. The molecule has 6 nitrogen and oxygen atoms in total. The van der Waals surface area contributed by atoms with Gasteiger partial charge in [0.05, 0.1) is 19.0 Å². The highest BCUT2D eigenvalue weighted by Crippen LogP contribution is 2.37. The van der Waals surface area contributed by atoms with E-state index in [0.29, 0.717) is 5.56 Å². The maximum absolute atomic E-state index is 12.2. The van der Waals surface area contributed by atoms with Gasteiger partial charge in [0.25, 0.3) is 5.91 Å². The number of primary amides is 1. The first-order valence-electron chi connectivity index (χ1n) is 8.14. The molecule has 0 aliphatic heterocycles. The van der Waals surface area contributed by atoms with Gasteiger partial charge < -0.3 is 20.0 Å². The van der Waals surface area contributed by atoms with Gasteiger partial charge in [-0.15, -0.1) is 0 Å². The van der Waals surface area contributed by atoms with E-state index in [9.17, 15) is 4.79 Å². The SMILES string of the molecule is COc1ccccc1-c1c(C(N)=O)c(C)n(CCc2cnc[nH]2)c1C. The fourth-order valence-electron chi connectivity index (χ4n) is 3.35. The standard InChI is InChI=1S/C19H22N4O2/c1-12-17(15-6-4-5-7-16(15)25-3)18(19(20)24)13(2)23(12)9-8-14-10-21-11-22-14/h4-7,10-11H,8-9H2,1-3H3,(H2,20,24)(H,21,22). The zero-order valence-corrected chi connectivity index (χ0v) is 14.7. The quantitative estimate of drug-likeness (QED) is 0.724. The largest absolute Gasteiger partial charge is 0.496 e. The molecule has 3 N–H and O–H groups in total. The van der Waals surface area contributed by atoms with Gasteiger partial charge in [0.15, 0.2) is 0 Å². The molecule has 2 aromatic heterocycles. The number of aryl methyl sites for hydroxylation is 1. The third-order valence-corrected chi connectivity index (χ3v) is 4.57. The van der Waals surface area contributed by atoms with Crippen molar-refractivity contribution < 1.29 is 9.53 Å². The number of hydrogen-bond acceptors (Lipinski definition) is 3. The number of aromatic nitrogens is 3. The van der Waals surface area contributed by atoms with Crippen LogP contribution < -0.4 is 10.5 Å². The molecular weight excluding hydrogens is 316 g/mol. The topological polar surface area (TPSA) is 85.9 Å². The van der Waals surface area contributed by atoms with Gasteiger partial charge in [-0.05, 0) is 19.9 Å². The molecule has 130 valence electrons. The third-order valence-electron chi connectivity index (χ3n) is 4.57. The normalized spacial score (nSPS) is 10.8. The Labute approximate surface area is 146 Å². The van der Waals surface area contributed by atoms with Crippen LogP contribution >= 0.6 is 0 Å². The summed E-state index contributed by atoms with van der Waals surface area (Å²) in [4.78, 5) is 19.3. The molecule has 0 unspecified atom stereocenters. The second-order valence-corrected chi connectivity index (χ2v) is 5.96. The molecule has 0 fully saturated rings. The van der Waals surface area contributed by atoms with E-state index in [2.05, 4.69) is 14.5 Å². The van der Waals surface area contributed by atoms with Crippen molar-refractivity contribution in [2.45, 2.75) is 26.8 Å². The third kappa shape index (κ3) is 3.03. The van der Waals surface area contributed by atoms with Crippen LogP contribution in [-0.2, 0) is 13.0 Å². The Morgan fingerprint density at radius 3 is 2.68 bits per heavy atom. The van der Waals surface area contributed by atoms with Crippen LogP contribution in [0.5, 0.6) is 5.75 Å². The second-order valence-electron chi connectivity index (χ2n) is 5.96. The van der Waals surface area contributed by atoms with Gasteiger partial charge in [0.1, 0.15) is 5.75 Å². The lowest BCUT2D eigenvalue weighted by molar-refractivity contribution is 0.1000. The Morgan fingerprint density at radius 1 is 1.28 bits per heavy atom. The van der Waals surface area contributed by atoms with Gasteiger partial charge >= 0.3 is 0 Å². The van der Waals surface area contributed by atoms with Crippen LogP contribution in [-0.4, -0.2) is 27.6 Å². The van der Waals surface area contributed by atoms with Crippen molar-refractivity contribution in [2.75, 3.05) is 7.11 Å². The fourth-order valence-corrected chi connectivity index (χ4v) is 3.35. The van der Waals surface area contributed by atoms with Crippen LogP contribution in [0, 0.1) is 13.8 Å². The number of carbonyl (C=O) groups excluding carboxylic acids is 1. The molecular formula is C19H22N4O2. The van der Waals surface area contributed by atoms with Gasteiger partial charge in [0.2, 0.25) is 0 Å². The molecule has 0 spiro atoms. The number of nitrogens with zero attached hydrogens (tertiary/aromatic N) is 2.